The maximum Gasteiger partial charge on any atom is 0.240 e. The van der Waals surface area contributed by atoms with Crippen LogP contribution in [-0.4, -0.2) is 17.9 Å². The van der Waals surface area contributed by atoms with E-state index < -0.39 is 11.9 Å². The fourth-order valence-corrected chi connectivity index (χ4v) is 0.785. The van der Waals surface area contributed by atoms with Crippen LogP contribution < -0.4 is 11.1 Å². The van der Waals surface area contributed by atoms with Crippen molar-refractivity contribution in [3.8, 4) is 0 Å². The van der Waals surface area contributed by atoms with Crippen LogP contribution in [0.1, 0.15) is 20.8 Å². The molecule has 0 aromatic rings. The van der Waals surface area contributed by atoms with Crippen molar-refractivity contribution in [2.45, 2.75) is 26.8 Å². The Kier molecular flexibility index (Phi) is 3.57. The van der Waals surface area contributed by atoms with Crippen LogP contribution in [0.15, 0.2) is 0 Å². The third kappa shape index (κ3) is 3.60. The molecule has 0 bridgehead atoms. The summed E-state index contributed by atoms with van der Waals surface area (Å²) in [5.74, 6) is -0.686. The average molecular weight is 158 g/mol. The van der Waals surface area contributed by atoms with Crippen molar-refractivity contribution in [2.24, 2.45) is 11.7 Å². The van der Waals surface area contributed by atoms with E-state index in [0.29, 0.717) is 0 Å². The zero-order chi connectivity index (χ0) is 9.02. The molecule has 0 aromatic heterocycles. The second-order valence-corrected chi connectivity index (χ2v) is 2.82. The van der Waals surface area contributed by atoms with Crippen molar-refractivity contribution in [3.63, 3.8) is 0 Å². The third-order valence-electron chi connectivity index (χ3n) is 1.33. The van der Waals surface area contributed by atoms with Gasteiger partial charge in [-0.15, -0.1) is 0 Å². The first-order chi connectivity index (χ1) is 4.95. The standard InChI is InChI=1S/C7H14N2O2/c1-4(2)6(7(8)11)9-5(3)10/h4,6H,1-3H3,(H2,8,11)(H,9,10)/t6-/m1/s1. The summed E-state index contributed by atoms with van der Waals surface area (Å²) in [4.78, 5) is 21.2. The van der Waals surface area contributed by atoms with Crippen molar-refractivity contribution in [1.82, 2.24) is 5.32 Å². The molecular weight excluding hydrogens is 144 g/mol. The Bertz CT molecular complexity index is 166. The summed E-state index contributed by atoms with van der Waals surface area (Å²) in [7, 11) is 0. The van der Waals surface area contributed by atoms with Crippen molar-refractivity contribution < 1.29 is 9.59 Å². The van der Waals surface area contributed by atoms with Crippen LogP contribution in [0.2, 0.25) is 0 Å². The summed E-state index contributed by atoms with van der Waals surface area (Å²) in [5, 5.41) is 2.47. The van der Waals surface area contributed by atoms with Gasteiger partial charge < -0.3 is 11.1 Å². The normalized spacial score (nSPS) is 12.7. The average Bonchev–Trinajstić information content (AvgIpc) is 1.81. The molecule has 0 radical (unpaired) electrons. The highest BCUT2D eigenvalue weighted by atomic mass is 16.2. The van der Waals surface area contributed by atoms with Crippen LogP contribution in [0.4, 0.5) is 0 Å². The van der Waals surface area contributed by atoms with Crippen molar-refractivity contribution in [2.75, 3.05) is 0 Å². The van der Waals surface area contributed by atoms with Gasteiger partial charge in [0.25, 0.3) is 0 Å². The zero-order valence-electron chi connectivity index (χ0n) is 7.05. The number of hydrogen-bond acceptors (Lipinski definition) is 2. The highest BCUT2D eigenvalue weighted by Gasteiger charge is 2.19. The van der Waals surface area contributed by atoms with Gasteiger partial charge in [-0.25, -0.2) is 0 Å². The minimum absolute atomic E-state index is 0.0383. The largest absolute Gasteiger partial charge is 0.368 e. The number of primary amides is 1. The highest BCUT2D eigenvalue weighted by Crippen LogP contribution is 1.99. The molecule has 4 nitrogen and oxygen atoms in total. The van der Waals surface area contributed by atoms with Crippen molar-refractivity contribution >= 4 is 11.8 Å². The van der Waals surface area contributed by atoms with E-state index in [1.807, 2.05) is 13.8 Å². The number of carbonyl (C=O) groups excluding carboxylic acids is 2. The lowest BCUT2D eigenvalue weighted by Crippen LogP contribution is -2.46. The topological polar surface area (TPSA) is 72.2 Å². The molecule has 0 fully saturated rings. The molecule has 1 atom stereocenters. The number of nitrogens with one attached hydrogen (secondary N) is 1. The second-order valence-electron chi connectivity index (χ2n) is 2.82. The van der Waals surface area contributed by atoms with Gasteiger partial charge in [-0.3, -0.25) is 9.59 Å². The molecule has 0 rings (SSSR count). The SMILES string of the molecule is CC(=O)N[C@@H](C(N)=O)C(C)C. The fraction of sp³-hybridized carbons (Fsp3) is 0.714. The highest BCUT2D eigenvalue weighted by molar-refractivity contribution is 5.85. The summed E-state index contributed by atoms with van der Waals surface area (Å²) in [6, 6.07) is -0.549. The quantitative estimate of drug-likeness (QED) is 0.588. The van der Waals surface area contributed by atoms with Crippen LogP contribution in [0.5, 0.6) is 0 Å². The Labute approximate surface area is 66.1 Å². The maximum atomic E-state index is 10.7. The molecule has 0 saturated carbocycles. The van der Waals surface area contributed by atoms with Crippen LogP contribution in [0.25, 0.3) is 0 Å². The molecule has 0 aliphatic heterocycles. The maximum absolute atomic E-state index is 10.7. The van der Waals surface area contributed by atoms with E-state index in [1.165, 1.54) is 6.92 Å². The Hall–Kier alpha value is -1.06. The number of carbonyl (C=O) groups is 2. The first kappa shape index (κ1) is 9.94. The van der Waals surface area contributed by atoms with E-state index in [9.17, 15) is 9.59 Å². The Balaban J connectivity index is 4.12. The van der Waals surface area contributed by atoms with Crippen LogP contribution >= 0.6 is 0 Å². The molecule has 4 heteroatoms. The smallest absolute Gasteiger partial charge is 0.240 e. The molecule has 0 heterocycles. The van der Waals surface area contributed by atoms with E-state index in [1.54, 1.807) is 0 Å². The van der Waals surface area contributed by atoms with Gasteiger partial charge in [0.15, 0.2) is 0 Å². The van der Waals surface area contributed by atoms with Crippen molar-refractivity contribution in [3.05, 3.63) is 0 Å². The van der Waals surface area contributed by atoms with Gasteiger partial charge in [0.2, 0.25) is 11.8 Å². The van der Waals surface area contributed by atoms with Gasteiger partial charge in [-0.1, -0.05) is 13.8 Å². The van der Waals surface area contributed by atoms with Gasteiger partial charge >= 0.3 is 0 Å². The Morgan fingerprint density at radius 2 is 1.82 bits per heavy atom. The summed E-state index contributed by atoms with van der Waals surface area (Å²) in [6.45, 7) is 5.01. The minimum atomic E-state index is -0.549. The van der Waals surface area contributed by atoms with E-state index >= 15 is 0 Å². The molecule has 11 heavy (non-hydrogen) atoms. The lowest BCUT2D eigenvalue weighted by atomic mass is 10.0. The molecule has 0 aromatic carbocycles. The Morgan fingerprint density at radius 1 is 1.36 bits per heavy atom. The lowest BCUT2D eigenvalue weighted by Gasteiger charge is -2.17. The first-order valence-electron chi connectivity index (χ1n) is 3.51. The monoisotopic (exact) mass is 158 g/mol. The number of hydrogen-bond donors (Lipinski definition) is 2. The molecule has 2 amide bonds. The van der Waals surface area contributed by atoms with Crippen LogP contribution in [0.3, 0.4) is 0 Å². The number of amides is 2. The molecule has 3 N–H and O–H groups in total. The molecule has 0 aliphatic rings. The van der Waals surface area contributed by atoms with Gasteiger partial charge in [0.1, 0.15) is 6.04 Å². The molecule has 0 aliphatic carbocycles. The van der Waals surface area contributed by atoms with Crippen LogP contribution in [0, 0.1) is 5.92 Å². The predicted molar refractivity (Wildman–Crippen MR) is 41.6 cm³/mol. The van der Waals surface area contributed by atoms with Gasteiger partial charge in [-0.05, 0) is 5.92 Å². The Morgan fingerprint density at radius 3 is 1.91 bits per heavy atom. The summed E-state index contributed by atoms with van der Waals surface area (Å²) in [5.41, 5.74) is 5.03. The van der Waals surface area contributed by atoms with Crippen LogP contribution in [-0.2, 0) is 9.59 Å². The lowest BCUT2D eigenvalue weighted by molar-refractivity contribution is -0.127. The predicted octanol–water partition coefficient (Wildman–Crippen LogP) is -0.368. The van der Waals surface area contributed by atoms with E-state index in [0.717, 1.165) is 0 Å². The third-order valence-corrected chi connectivity index (χ3v) is 1.33. The molecule has 0 saturated heterocycles. The first-order valence-corrected chi connectivity index (χ1v) is 3.51. The fourth-order valence-electron chi connectivity index (χ4n) is 0.785. The molecule has 0 unspecified atom stereocenters. The van der Waals surface area contributed by atoms with Gasteiger partial charge in [0, 0.05) is 6.92 Å². The van der Waals surface area contributed by atoms with E-state index in [2.05, 4.69) is 5.32 Å². The van der Waals surface area contributed by atoms with Crippen molar-refractivity contribution in [1.29, 1.82) is 0 Å². The summed E-state index contributed by atoms with van der Waals surface area (Å²) < 4.78 is 0. The molecule has 64 valence electrons. The number of rotatable bonds is 3. The van der Waals surface area contributed by atoms with Gasteiger partial charge in [-0.2, -0.15) is 0 Å². The zero-order valence-corrected chi connectivity index (χ0v) is 7.05. The molecule has 0 spiro atoms. The minimum Gasteiger partial charge on any atom is -0.368 e. The van der Waals surface area contributed by atoms with E-state index in [-0.39, 0.29) is 11.8 Å². The summed E-state index contributed by atoms with van der Waals surface area (Å²) in [6.07, 6.45) is 0. The molecular formula is C7H14N2O2. The number of nitrogens with two attached hydrogens (primary N) is 1. The second kappa shape index (κ2) is 3.95. The van der Waals surface area contributed by atoms with E-state index in [4.69, 9.17) is 5.73 Å². The van der Waals surface area contributed by atoms with Gasteiger partial charge in [0.05, 0.1) is 0 Å². The summed E-state index contributed by atoms with van der Waals surface area (Å²) >= 11 is 0.